The molecule has 0 aliphatic heterocycles. The van der Waals surface area contributed by atoms with Gasteiger partial charge in [0.25, 0.3) is 0 Å². The maximum atomic E-state index is 13.8. The number of alkyl halides is 3. The average molecular weight is 741 g/mol. The Morgan fingerprint density at radius 2 is 1.62 bits per heavy atom. The van der Waals surface area contributed by atoms with Crippen LogP contribution in [0.1, 0.15) is 11.1 Å². The number of rotatable bonds is 3. The monoisotopic (exact) mass is 740 g/mol. The number of aromatic hydroxyl groups is 1. The van der Waals surface area contributed by atoms with Crippen molar-refractivity contribution < 1.29 is 43.8 Å². The van der Waals surface area contributed by atoms with Crippen molar-refractivity contribution in [2.24, 2.45) is 0 Å². The average Bonchev–Trinajstić information content (AvgIpc) is 3.40. The second-order valence-corrected chi connectivity index (χ2v) is 9.88. The number of para-hydroxylation sites is 1. The van der Waals surface area contributed by atoms with Gasteiger partial charge in [-0.15, -0.1) is 34.9 Å². The second-order valence-electron chi connectivity index (χ2n) is 9.88. The molecular weight excluding hydrogens is 720 g/mol. The summed E-state index contributed by atoms with van der Waals surface area (Å²) in [5, 5.41) is 12.9. The molecule has 0 saturated heterocycles. The van der Waals surface area contributed by atoms with Crippen molar-refractivity contribution in [3.8, 4) is 39.5 Å². The molecule has 0 aliphatic carbocycles. The van der Waals surface area contributed by atoms with E-state index < -0.39 is 11.7 Å². The van der Waals surface area contributed by atoms with Crippen LogP contribution in [0.15, 0.2) is 102 Å². The predicted octanol–water partition coefficient (Wildman–Crippen LogP) is 9.36. The summed E-state index contributed by atoms with van der Waals surface area (Å²) in [7, 11) is 0. The first-order valence-electron chi connectivity index (χ1n) is 12.9. The van der Waals surface area contributed by atoms with Crippen molar-refractivity contribution in [2.75, 3.05) is 0 Å². The molecule has 42 heavy (non-hydrogen) atoms. The van der Waals surface area contributed by atoms with Crippen molar-refractivity contribution in [1.29, 1.82) is 0 Å². The summed E-state index contributed by atoms with van der Waals surface area (Å²) < 4.78 is 47.6. The number of aromatic nitrogens is 2. The third-order valence-electron chi connectivity index (χ3n) is 7.29. The fourth-order valence-corrected chi connectivity index (χ4v) is 5.31. The Hall–Kier alpha value is -4.48. The standard InChI is InChI=1S/C34H20F3N2O2.Pt/c1-19-11-12-21(17-26(19)27-18-23(34(35,36)37)16-22-7-5-15-38-31(22)27)25-9-4-10-29-32(25)39-33(41-29)30-24-8-3-2-6-20(24)13-14-28(30)40;/h2-16,18,40H,1H3;/q-1;. The number of halogens is 3. The Kier molecular flexibility index (Phi) is 6.86. The van der Waals surface area contributed by atoms with Gasteiger partial charge in [-0.05, 0) is 40.4 Å². The van der Waals surface area contributed by atoms with E-state index in [1.165, 1.54) is 0 Å². The van der Waals surface area contributed by atoms with Gasteiger partial charge in [-0.25, -0.2) is 4.98 Å². The molecule has 0 amide bonds. The van der Waals surface area contributed by atoms with E-state index in [0.717, 1.165) is 28.5 Å². The Morgan fingerprint density at radius 1 is 0.810 bits per heavy atom. The smallest absolute Gasteiger partial charge is 0.415 e. The van der Waals surface area contributed by atoms with Crippen LogP contribution in [0.25, 0.3) is 66.5 Å². The van der Waals surface area contributed by atoms with Crippen molar-refractivity contribution in [3.05, 3.63) is 114 Å². The van der Waals surface area contributed by atoms with Crippen LogP contribution in [0.3, 0.4) is 0 Å². The van der Waals surface area contributed by atoms with E-state index in [1.807, 2.05) is 61.5 Å². The van der Waals surface area contributed by atoms with Crippen molar-refractivity contribution in [1.82, 2.24) is 9.97 Å². The molecular formula is C34H20F3N2O2Pt-. The SMILES string of the molecule is Cc1ccc(-c2cccc3oc(-c4c(O)ccc5ccccc45)nc23)[c-]c1-c1cc(C(F)(F)F)cc2cccnc12.[Pt]. The van der Waals surface area contributed by atoms with Gasteiger partial charge in [-0.2, -0.15) is 13.2 Å². The first kappa shape index (κ1) is 27.7. The van der Waals surface area contributed by atoms with Crippen molar-refractivity contribution in [3.63, 3.8) is 0 Å². The topological polar surface area (TPSA) is 59.2 Å². The normalized spacial score (nSPS) is 11.7. The molecule has 7 aromatic rings. The number of phenolic OH excluding ortho intramolecular Hbond substituents is 1. The molecule has 0 radical (unpaired) electrons. The summed E-state index contributed by atoms with van der Waals surface area (Å²) in [5.74, 6) is 0.312. The molecule has 0 fully saturated rings. The zero-order valence-corrected chi connectivity index (χ0v) is 24.2. The molecule has 2 heterocycles. The van der Waals surface area contributed by atoms with Gasteiger partial charge in [0.15, 0.2) is 0 Å². The third-order valence-corrected chi connectivity index (χ3v) is 7.29. The van der Waals surface area contributed by atoms with Gasteiger partial charge < -0.3 is 9.52 Å². The quantitative estimate of drug-likeness (QED) is 0.184. The van der Waals surface area contributed by atoms with Crippen LogP contribution in [0.5, 0.6) is 5.75 Å². The Morgan fingerprint density at radius 3 is 2.45 bits per heavy atom. The first-order chi connectivity index (χ1) is 19.8. The number of hydrogen-bond acceptors (Lipinski definition) is 4. The van der Waals surface area contributed by atoms with Crippen molar-refractivity contribution >= 4 is 32.8 Å². The summed E-state index contributed by atoms with van der Waals surface area (Å²) in [4.78, 5) is 9.19. The second kappa shape index (κ2) is 10.4. The molecule has 5 aromatic carbocycles. The minimum atomic E-state index is -4.51. The van der Waals surface area contributed by atoms with E-state index in [2.05, 4.69) is 11.1 Å². The van der Waals surface area contributed by atoms with Gasteiger partial charge in [-0.3, -0.25) is 4.98 Å². The van der Waals surface area contributed by atoms with Gasteiger partial charge in [0, 0.05) is 38.3 Å². The molecule has 7 rings (SSSR count). The zero-order valence-electron chi connectivity index (χ0n) is 21.9. The number of nitrogens with zero attached hydrogens (tertiary/aromatic N) is 2. The molecule has 8 heteroatoms. The molecule has 0 atom stereocenters. The minimum absolute atomic E-state index is 0. The summed E-state index contributed by atoms with van der Waals surface area (Å²) in [6.07, 6.45) is -2.95. The van der Waals surface area contributed by atoms with E-state index in [-0.39, 0.29) is 32.7 Å². The van der Waals surface area contributed by atoms with Crippen LogP contribution in [0, 0.1) is 13.0 Å². The maximum Gasteiger partial charge on any atom is 0.415 e. The summed E-state index contributed by atoms with van der Waals surface area (Å²) in [6, 6.07) is 29.1. The molecule has 0 unspecified atom stereocenters. The summed E-state index contributed by atoms with van der Waals surface area (Å²) in [5.41, 5.74) is 4.22. The molecule has 0 bridgehead atoms. The van der Waals surface area contributed by atoms with Crippen LogP contribution < -0.4 is 0 Å². The minimum Gasteiger partial charge on any atom is -0.507 e. The molecule has 1 N–H and O–H groups in total. The van der Waals surface area contributed by atoms with E-state index in [4.69, 9.17) is 9.40 Å². The van der Waals surface area contributed by atoms with E-state index in [1.54, 1.807) is 30.5 Å². The maximum absolute atomic E-state index is 13.8. The number of oxazole rings is 1. The largest absolute Gasteiger partial charge is 0.507 e. The van der Waals surface area contributed by atoms with Crippen LogP contribution in [0.2, 0.25) is 0 Å². The fraction of sp³-hybridized carbons (Fsp3) is 0.0588. The Labute approximate surface area is 252 Å². The van der Waals surface area contributed by atoms with Gasteiger partial charge >= 0.3 is 6.18 Å². The number of hydrogen-bond donors (Lipinski definition) is 1. The third kappa shape index (κ3) is 4.64. The molecule has 210 valence electrons. The number of benzene rings is 5. The van der Waals surface area contributed by atoms with Crippen LogP contribution in [0.4, 0.5) is 13.2 Å². The Bertz CT molecular complexity index is 2140. The van der Waals surface area contributed by atoms with Gasteiger partial charge in [0.2, 0.25) is 5.89 Å². The van der Waals surface area contributed by atoms with Crippen LogP contribution in [-0.2, 0) is 27.2 Å². The molecule has 0 aliphatic rings. The fourth-order valence-electron chi connectivity index (χ4n) is 5.31. The zero-order chi connectivity index (χ0) is 28.3. The van der Waals surface area contributed by atoms with Gasteiger partial charge in [0.1, 0.15) is 11.3 Å². The molecule has 2 aromatic heterocycles. The molecule has 4 nitrogen and oxygen atoms in total. The number of aryl methyl sites for hydroxylation is 1. The first-order valence-corrected chi connectivity index (χ1v) is 12.9. The van der Waals surface area contributed by atoms with E-state index >= 15 is 0 Å². The van der Waals surface area contributed by atoms with Crippen LogP contribution >= 0.6 is 0 Å². The number of fused-ring (bicyclic) bond motifs is 3. The molecule has 0 spiro atoms. The molecule has 0 saturated carbocycles. The van der Waals surface area contributed by atoms with Gasteiger partial charge in [0.05, 0.1) is 11.1 Å². The van der Waals surface area contributed by atoms with Gasteiger partial charge in [-0.1, -0.05) is 72.6 Å². The number of phenols is 1. The number of pyridine rings is 1. The van der Waals surface area contributed by atoms with Crippen LogP contribution in [-0.4, -0.2) is 15.1 Å². The van der Waals surface area contributed by atoms with E-state index in [9.17, 15) is 18.3 Å². The Balaban J connectivity index is 0.00000316. The van der Waals surface area contributed by atoms with E-state index in [0.29, 0.717) is 49.8 Å². The van der Waals surface area contributed by atoms with Crippen molar-refractivity contribution in [2.45, 2.75) is 13.1 Å². The summed E-state index contributed by atoms with van der Waals surface area (Å²) >= 11 is 0. The predicted molar refractivity (Wildman–Crippen MR) is 153 cm³/mol. The summed E-state index contributed by atoms with van der Waals surface area (Å²) in [6.45, 7) is 1.84.